The van der Waals surface area contributed by atoms with Crippen molar-refractivity contribution in [3.05, 3.63) is 65.9 Å². The molecule has 638 valence electrons. The van der Waals surface area contributed by atoms with Gasteiger partial charge in [0, 0.05) is 48.3 Å². The first-order chi connectivity index (χ1) is 54.9. The summed E-state index contributed by atoms with van der Waals surface area (Å²) in [4.78, 5) is 266. The molecule has 14 amide bonds. The molecule has 1 aliphatic heterocycles. The van der Waals surface area contributed by atoms with Crippen LogP contribution in [0, 0.1) is 11.8 Å². The Morgan fingerprint density at radius 1 is 0.603 bits per heavy atom. The highest BCUT2D eigenvalue weighted by Gasteiger charge is 2.41. The number of carboxylic acid groups (broad SMARTS) is 2. The topological polar surface area (TPSA) is 628 Å². The van der Waals surface area contributed by atoms with E-state index in [-0.39, 0.29) is 49.9 Å². The summed E-state index contributed by atoms with van der Waals surface area (Å²) in [5, 5.41) is 61.7. The third-order valence-corrected chi connectivity index (χ3v) is 18.5. The summed E-state index contributed by atoms with van der Waals surface area (Å²) >= 11 is 0. The van der Waals surface area contributed by atoms with Gasteiger partial charge in [0.15, 0.2) is 11.6 Å². The fourth-order valence-corrected chi connectivity index (χ4v) is 12.1. The lowest BCUT2D eigenvalue weighted by atomic mass is 9.92. The number of para-hydroxylation sites is 2. The summed E-state index contributed by atoms with van der Waals surface area (Å²) in [5.41, 5.74) is 12.0. The zero-order chi connectivity index (χ0) is 86.5. The van der Waals surface area contributed by atoms with Gasteiger partial charge in [0.25, 0.3) is 0 Å². The highest BCUT2D eigenvalue weighted by Crippen LogP contribution is 2.23. The first-order valence-electron chi connectivity index (χ1n) is 38.4. The van der Waals surface area contributed by atoms with Crippen LogP contribution in [0.15, 0.2) is 54.7 Å². The van der Waals surface area contributed by atoms with Gasteiger partial charge in [-0.1, -0.05) is 89.6 Å². The number of rotatable bonds is 35. The number of aliphatic hydroxyl groups excluding tert-OH is 1. The van der Waals surface area contributed by atoms with Crippen molar-refractivity contribution in [2.24, 2.45) is 23.3 Å². The van der Waals surface area contributed by atoms with Crippen molar-refractivity contribution in [1.82, 2.24) is 68.8 Å². The maximum atomic E-state index is 15.1. The van der Waals surface area contributed by atoms with Crippen LogP contribution in [0.25, 0.3) is 10.9 Å². The van der Waals surface area contributed by atoms with Gasteiger partial charge in [0.2, 0.25) is 76.8 Å². The number of carbonyl (C=O) groups excluding carboxylic acids is 17. The van der Waals surface area contributed by atoms with Crippen molar-refractivity contribution in [2.45, 2.75) is 237 Å². The molecule has 40 nitrogen and oxygen atoms in total. The van der Waals surface area contributed by atoms with Crippen molar-refractivity contribution in [3.8, 4) is 0 Å². The number of nitrogens with one attached hydrogen (secondary N) is 14. The van der Waals surface area contributed by atoms with Crippen LogP contribution in [0.1, 0.15) is 174 Å². The Bertz CT molecular complexity index is 4000. The average molecular weight is 1630 g/mol. The number of unbranched alkanes of at least 4 members (excludes halogenated alkanes) is 6. The minimum Gasteiger partial charge on any atom is -0.481 e. The number of carboxylic acids is 2. The van der Waals surface area contributed by atoms with Gasteiger partial charge in [-0.05, 0) is 96.5 Å². The maximum Gasteiger partial charge on any atom is 0.411 e. The van der Waals surface area contributed by atoms with Gasteiger partial charge >= 0.3 is 24.0 Å². The van der Waals surface area contributed by atoms with Crippen LogP contribution >= 0.6 is 0 Å². The number of ether oxygens (including phenoxy) is 2. The van der Waals surface area contributed by atoms with Crippen LogP contribution < -0.4 is 80.6 Å². The van der Waals surface area contributed by atoms with E-state index < -0.39 is 249 Å². The Morgan fingerprint density at radius 2 is 1.19 bits per heavy atom. The van der Waals surface area contributed by atoms with Crippen LogP contribution in [0.3, 0.4) is 0 Å². The first kappa shape index (κ1) is 96.4. The number of aromatic nitrogens is 1. The molecule has 40 heteroatoms. The quantitative estimate of drug-likeness (QED) is 0.0178. The Morgan fingerprint density at radius 3 is 1.81 bits per heavy atom. The van der Waals surface area contributed by atoms with Gasteiger partial charge < -0.3 is 105 Å². The van der Waals surface area contributed by atoms with Crippen molar-refractivity contribution >= 4 is 129 Å². The number of primary amides is 1. The number of cyclic esters (lactones) is 1. The molecule has 0 spiro atoms. The summed E-state index contributed by atoms with van der Waals surface area (Å²) in [6.07, 6.45) is -2.13. The van der Waals surface area contributed by atoms with Crippen LogP contribution in [-0.2, 0) is 97.4 Å². The number of carbonyl (C=O) groups is 19. The molecule has 1 aliphatic rings. The molecule has 0 aliphatic carbocycles. The highest BCUT2D eigenvalue weighted by atomic mass is 16.6. The summed E-state index contributed by atoms with van der Waals surface area (Å²) in [5.74, 6) is -25.6. The highest BCUT2D eigenvalue weighted by molar-refractivity contribution is 6.07. The van der Waals surface area contributed by atoms with Gasteiger partial charge in [0.05, 0.1) is 62.7 Å². The lowest BCUT2D eigenvalue weighted by molar-refractivity contribution is -0.156. The third-order valence-electron chi connectivity index (χ3n) is 18.5. The molecule has 0 radical (unpaired) electrons. The van der Waals surface area contributed by atoms with Gasteiger partial charge in [0.1, 0.15) is 60.5 Å². The predicted molar refractivity (Wildman–Crippen MR) is 414 cm³/mol. The van der Waals surface area contributed by atoms with E-state index in [2.05, 4.69) is 81.0 Å². The summed E-state index contributed by atoms with van der Waals surface area (Å²) in [6.45, 7) is 7.75. The lowest BCUT2D eigenvalue weighted by Gasteiger charge is -2.30. The fourth-order valence-electron chi connectivity index (χ4n) is 12.1. The van der Waals surface area contributed by atoms with Crippen LogP contribution in [-0.4, -0.2) is 232 Å². The van der Waals surface area contributed by atoms with E-state index in [0.717, 1.165) is 46.0 Å². The molecule has 0 saturated carbocycles. The molecule has 116 heavy (non-hydrogen) atoms. The number of fused-ring (bicyclic) bond motifs is 1. The van der Waals surface area contributed by atoms with Gasteiger partial charge in [-0.2, -0.15) is 0 Å². The zero-order valence-electron chi connectivity index (χ0n) is 66.2. The number of benzene rings is 2. The van der Waals surface area contributed by atoms with E-state index in [1.807, 2.05) is 0 Å². The Kier molecular flexibility index (Phi) is 40.7. The number of ketones is 2. The monoisotopic (exact) mass is 1630 g/mol. The minimum atomic E-state index is -2.37. The summed E-state index contributed by atoms with van der Waals surface area (Å²) < 4.78 is 11.0. The number of amides is 14. The second-order valence-electron chi connectivity index (χ2n) is 28.5. The first-order valence-corrected chi connectivity index (χ1v) is 38.4. The van der Waals surface area contributed by atoms with Crippen LogP contribution in [0.2, 0.25) is 0 Å². The second kappa shape index (κ2) is 48.9. The number of anilines is 1. The number of nitrogens with two attached hydrogens (primary N) is 2. The largest absolute Gasteiger partial charge is 0.481 e. The number of H-pyrrole nitrogens is 1. The number of aliphatic hydroxyl groups is 1. The van der Waals surface area contributed by atoms with E-state index in [1.165, 1.54) is 58.9 Å². The number of aliphatic carboxylic acids is 2. The Balaban J connectivity index is 1.89. The number of esters is 1. The molecule has 4 rings (SSSR count). The number of Topliss-reactive ketones (excluding diaryl/α,β-unsaturated/α-hetero) is 2. The SMILES string of the molecule is CCCCCCCCCC(=O)N[C@@H](Cc1c[nH]c2ccccc12)C(=O)N[C@H](CC(N)=O)C(=O)C[C@@H](CC(=O)O)C(=O)N[C@@H]1C(=O)NCC(=O)N[C@@H](CCCN)C(=O)N[C@@H](C)C(=O)N[C@H](C)C(=O)N[C@@H](CC)C(=O)NCC(=O)N[C@H](CO)C(=O)N[C@@H]([C@@H](C)CC(=O)O)C(=O)N[C@@H](CC(=O)c2ccccc2NC(=O)OC(C)C)C(=O)O[C@@H]1C. The number of hydrogen-bond donors (Lipinski definition) is 19. The fraction of sp³-hybridized carbons (Fsp3) is 0.566. The standard InChI is InChI=1S/C76H110N16O24/c1-9-11-12-13-14-15-16-27-59(97)85-53(30-45-35-79-49-24-19-17-22-46(45)49)71(109)88-52(34-58(78)96)57(95)31-44(32-63(102)103)68(106)92-65-43(8)116-75(113)54(33-56(94)47-23-18-20-25-50(47)90-76(114)115-39(3)4)89-74(112)64(40(5)29-62(100)101)91-72(110)55(38-93)86-61(99)36-80-69(107)48(10-2)87-67(105)42(7)82-66(104)41(6)83-70(108)51(26-21-28-77)84-60(98)37-81-73(65)111/h17-20,22-25,35,39-44,48,51-55,64-65,79,93H,9-16,21,26-34,36-38,77H2,1-8H3,(H2,78,96)(H,80,107)(H,81,111)(H,82,104)(H,83,108)(H,84,98)(H,85,97)(H,86,99)(H,87,105)(H,88,109)(H,89,112)(H,90,114)(H,91,110)(H,92,106)(H,100,101)(H,102,103)/t40-,41-,42+,43+,44-,48-,51-,52+,53-,54-,55+,64-,65-/m0/s1. The second-order valence-corrected chi connectivity index (χ2v) is 28.5. The number of hydrogen-bond acceptors (Lipinski definition) is 23. The molecule has 13 atom stereocenters. The number of aromatic amines is 1. The van der Waals surface area contributed by atoms with E-state index >= 15 is 4.79 Å². The molecule has 1 fully saturated rings. The Labute approximate surface area is 669 Å². The van der Waals surface area contributed by atoms with Gasteiger partial charge in [-0.15, -0.1) is 0 Å². The van der Waals surface area contributed by atoms with Gasteiger partial charge in [-0.3, -0.25) is 86.8 Å². The summed E-state index contributed by atoms with van der Waals surface area (Å²) in [6, 6.07) is -5.78. The molecular weight excluding hydrogens is 1520 g/mol. The molecule has 1 saturated heterocycles. The molecular formula is C76H110N16O24. The Hall–Kier alpha value is -12.0. The van der Waals surface area contributed by atoms with Crippen LogP contribution in [0.5, 0.6) is 0 Å². The minimum absolute atomic E-state index is 0.00768. The van der Waals surface area contributed by atoms with E-state index in [1.54, 1.807) is 30.5 Å². The molecule has 0 unspecified atom stereocenters. The zero-order valence-corrected chi connectivity index (χ0v) is 66.2. The van der Waals surface area contributed by atoms with E-state index in [9.17, 15) is 102 Å². The molecule has 3 aromatic rings. The van der Waals surface area contributed by atoms with Crippen molar-refractivity contribution in [1.29, 1.82) is 0 Å². The van der Waals surface area contributed by atoms with Crippen molar-refractivity contribution in [2.75, 3.05) is 31.6 Å². The van der Waals surface area contributed by atoms with Crippen LogP contribution in [0.4, 0.5) is 10.5 Å². The molecule has 1 aromatic heterocycles. The van der Waals surface area contributed by atoms with Crippen molar-refractivity contribution < 1.29 is 116 Å². The summed E-state index contributed by atoms with van der Waals surface area (Å²) in [7, 11) is 0. The average Bonchev–Trinajstić information content (AvgIpc) is 1.77. The molecule has 2 aromatic carbocycles. The maximum absolute atomic E-state index is 15.1. The molecule has 21 N–H and O–H groups in total. The molecule has 2 heterocycles. The normalized spacial score (nSPS) is 21.2. The van der Waals surface area contributed by atoms with Crippen molar-refractivity contribution in [3.63, 3.8) is 0 Å². The van der Waals surface area contributed by atoms with E-state index in [4.69, 9.17) is 20.9 Å². The molecule has 0 bridgehead atoms. The predicted octanol–water partition coefficient (Wildman–Crippen LogP) is -1.68. The smallest absolute Gasteiger partial charge is 0.411 e. The van der Waals surface area contributed by atoms with Gasteiger partial charge in [-0.25, -0.2) is 9.59 Å². The third kappa shape index (κ3) is 32.9. The van der Waals surface area contributed by atoms with E-state index in [0.29, 0.717) is 29.3 Å². The lowest BCUT2D eigenvalue weighted by Crippen LogP contribution is -2.60.